The van der Waals surface area contributed by atoms with Crippen LogP contribution in [0, 0.1) is 6.92 Å². The van der Waals surface area contributed by atoms with Gasteiger partial charge in [-0.3, -0.25) is 4.79 Å². The predicted molar refractivity (Wildman–Crippen MR) is 114 cm³/mol. The average Bonchev–Trinajstić information content (AvgIpc) is 2.70. The number of amides is 1. The van der Waals surface area contributed by atoms with Crippen molar-refractivity contribution in [2.75, 3.05) is 39.8 Å². The van der Waals surface area contributed by atoms with Gasteiger partial charge in [0, 0.05) is 37.7 Å². The quantitative estimate of drug-likeness (QED) is 0.699. The Morgan fingerprint density at radius 2 is 1.66 bits per heavy atom. The van der Waals surface area contributed by atoms with Crippen LogP contribution in [0.3, 0.4) is 0 Å². The molecule has 1 heterocycles. The second-order valence-electron chi connectivity index (χ2n) is 7.34. The summed E-state index contributed by atoms with van der Waals surface area (Å²) in [5.74, 6) is -0.177. The Hall–Kier alpha value is -1.93. The lowest BCUT2D eigenvalue weighted by Gasteiger charge is -2.34. The van der Waals surface area contributed by atoms with Crippen molar-refractivity contribution < 1.29 is 13.2 Å². The summed E-state index contributed by atoms with van der Waals surface area (Å²) in [6.07, 6.45) is 0. The van der Waals surface area contributed by atoms with Crippen LogP contribution >= 0.6 is 11.6 Å². The first-order chi connectivity index (χ1) is 13.8. The van der Waals surface area contributed by atoms with Gasteiger partial charge in [-0.1, -0.05) is 35.9 Å². The van der Waals surface area contributed by atoms with E-state index in [0.29, 0.717) is 18.1 Å². The number of halogens is 1. The fourth-order valence-corrected chi connectivity index (χ4v) is 4.76. The highest BCUT2D eigenvalue weighted by atomic mass is 35.5. The van der Waals surface area contributed by atoms with Gasteiger partial charge in [-0.15, -0.1) is 0 Å². The second-order valence-corrected chi connectivity index (χ2v) is 9.71. The van der Waals surface area contributed by atoms with Crippen LogP contribution in [0.25, 0.3) is 0 Å². The zero-order valence-corrected chi connectivity index (χ0v) is 18.3. The molecule has 2 aromatic carbocycles. The minimum Gasteiger partial charge on any atom is -0.339 e. The molecule has 0 aromatic heterocycles. The van der Waals surface area contributed by atoms with Crippen molar-refractivity contribution in [3.63, 3.8) is 0 Å². The van der Waals surface area contributed by atoms with Gasteiger partial charge in [0.15, 0.2) is 0 Å². The average molecular weight is 436 g/mol. The molecule has 0 spiro atoms. The van der Waals surface area contributed by atoms with Gasteiger partial charge in [-0.05, 0) is 49.4 Å². The number of rotatable bonds is 6. The molecular weight excluding hydrogens is 410 g/mol. The first kappa shape index (κ1) is 21.8. The normalized spacial score (nSPS) is 15.7. The maximum Gasteiger partial charge on any atom is 0.243 e. The molecule has 1 amide bonds. The molecule has 1 aliphatic heterocycles. The summed E-state index contributed by atoms with van der Waals surface area (Å²) in [5, 5.41) is 0.461. The van der Waals surface area contributed by atoms with Crippen LogP contribution in [0.4, 0.5) is 0 Å². The predicted octanol–water partition coefficient (Wildman–Crippen LogP) is 2.61. The van der Waals surface area contributed by atoms with Gasteiger partial charge in [0.05, 0.1) is 11.4 Å². The van der Waals surface area contributed by atoms with Gasteiger partial charge in [-0.2, -0.15) is 4.31 Å². The van der Waals surface area contributed by atoms with E-state index in [1.807, 2.05) is 38.2 Å². The minimum absolute atomic E-state index is 0.127. The van der Waals surface area contributed by atoms with Crippen molar-refractivity contribution in [2.24, 2.45) is 0 Å². The number of nitrogens with zero attached hydrogens (tertiary/aromatic N) is 3. The maximum absolute atomic E-state index is 13.3. The van der Waals surface area contributed by atoms with E-state index in [1.54, 1.807) is 17.0 Å². The number of carbonyl (C=O) groups is 1. The van der Waals surface area contributed by atoms with Crippen molar-refractivity contribution in [2.45, 2.75) is 18.4 Å². The minimum atomic E-state index is -3.86. The summed E-state index contributed by atoms with van der Waals surface area (Å²) < 4.78 is 27.9. The summed E-state index contributed by atoms with van der Waals surface area (Å²) in [6.45, 7) is 4.66. The molecule has 0 N–H and O–H groups in total. The third-order valence-corrected chi connectivity index (χ3v) is 7.28. The lowest BCUT2D eigenvalue weighted by Crippen LogP contribution is -2.50. The van der Waals surface area contributed by atoms with Gasteiger partial charge in [0.25, 0.3) is 0 Å². The van der Waals surface area contributed by atoms with Crippen LogP contribution in [0.15, 0.2) is 53.4 Å². The second kappa shape index (κ2) is 9.26. The number of carbonyl (C=O) groups excluding carboxylic acids is 1. The zero-order chi connectivity index (χ0) is 21.0. The summed E-state index contributed by atoms with van der Waals surface area (Å²) in [4.78, 5) is 16.9. The van der Waals surface area contributed by atoms with E-state index in [0.717, 1.165) is 24.2 Å². The number of benzene rings is 2. The molecule has 0 radical (unpaired) electrons. The van der Waals surface area contributed by atoms with Crippen LogP contribution in [0.2, 0.25) is 5.02 Å². The molecule has 2 aromatic rings. The summed E-state index contributed by atoms with van der Waals surface area (Å²) in [7, 11) is -1.85. The Bertz CT molecular complexity index is 955. The third kappa shape index (κ3) is 5.36. The SMILES string of the molecule is Cc1ccccc1CN(CC(=O)N1CCN(C)CC1)S(=O)(=O)c1ccc(Cl)cc1. The van der Waals surface area contributed by atoms with Crippen molar-refractivity contribution in [3.05, 3.63) is 64.7 Å². The van der Waals surface area contributed by atoms with E-state index in [-0.39, 0.29) is 23.9 Å². The van der Waals surface area contributed by atoms with E-state index < -0.39 is 10.0 Å². The highest BCUT2D eigenvalue weighted by molar-refractivity contribution is 7.89. The maximum atomic E-state index is 13.3. The number of piperazine rings is 1. The molecule has 0 saturated carbocycles. The first-order valence-electron chi connectivity index (χ1n) is 9.54. The van der Waals surface area contributed by atoms with Gasteiger partial charge >= 0.3 is 0 Å². The molecule has 0 aliphatic carbocycles. The molecule has 3 rings (SSSR count). The molecule has 1 aliphatic rings. The van der Waals surface area contributed by atoms with Crippen LogP contribution < -0.4 is 0 Å². The van der Waals surface area contributed by atoms with Gasteiger partial charge in [-0.25, -0.2) is 8.42 Å². The Morgan fingerprint density at radius 1 is 1.03 bits per heavy atom. The molecule has 156 valence electrons. The molecule has 29 heavy (non-hydrogen) atoms. The summed E-state index contributed by atoms with van der Waals surface area (Å²) in [5.41, 5.74) is 1.85. The van der Waals surface area contributed by atoms with Gasteiger partial charge in [0.1, 0.15) is 0 Å². The molecule has 6 nitrogen and oxygen atoms in total. The Morgan fingerprint density at radius 3 is 2.28 bits per heavy atom. The number of aryl methyl sites for hydroxylation is 1. The van der Waals surface area contributed by atoms with Crippen LogP contribution in [-0.4, -0.2) is 68.2 Å². The van der Waals surface area contributed by atoms with E-state index in [4.69, 9.17) is 11.6 Å². The monoisotopic (exact) mass is 435 g/mol. The lowest BCUT2D eigenvalue weighted by atomic mass is 10.1. The molecule has 8 heteroatoms. The van der Waals surface area contributed by atoms with E-state index in [9.17, 15) is 13.2 Å². The number of hydrogen-bond acceptors (Lipinski definition) is 4. The molecule has 1 saturated heterocycles. The molecular formula is C21H26ClN3O3S. The number of sulfonamides is 1. The van der Waals surface area contributed by atoms with Crippen molar-refractivity contribution >= 4 is 27.5 Å². The topological polar surface area (TPSA) is 60.9 Å². The Balaban J connectivity index is 1.88. The molecule has 1 fully saturated rings. The standard InChI is InChI=1S/C21H26ClN3O3S/c1-17-5-3-4-6-18(17)15-25(16-21(26)24-13-11-23(2)12-14-24)29(27,28)20-9-7-19(22)8-10-20/h3-10H,11-16H2,1-2H3. The van der Waals surface area contributed by atoms with Gasteiger partial charge in [0.2, 0.25) is 15.9 Å². The largest absolute Gasteiger partial charge is 0.339 e. The number of likely N-dealkylation sites (N-methyl/N-ethyl adjacent to an activating group) is 1. The third-order valence-electron chi connectivity index (χ3n) is 5.23. The van der Waals surface area contributed by atoms with E-state index in [1.165, 1.54) is 16.4 Å². The highest BCUT2D eigenvalue weighted by Gasteiger charge is 2.30. The van der Waals surface area contributed by atoms with Gasteiger partial charge < -0.3 is 9.80 Å². The first-order valence-corrected chi connectivity index (χ1v) is 11.4. The summed E-state index contributed by atoms with van der Waals surface area (Å²) in [6, 6.07) is 13.6. The lowest BCUT2D eigenvalue weighted by molar-refractivity contribution is -0.133. The van der Waals surface area contributed by atoms with Crippen molar-refractivity contribution in [3.8, 4) is 0 Å². The molecule has 0 atom stereocenters. The fraction of sp³-hybridized carbons (Fsp3) is 0.381. The fourth-order valence-electron chi connectivity index (χ4n) is 3.27. The van der Waals surface area contributed by atoms with Crippen LogP contribution in [-0.2, 0) is 21.4 Å². The van der Waals surface area contributed by atoms with Crippen molar-refractivity contribution in [1.29, 1.82) is 0 Å². The number of hydrogen-bond donors (Lipinski definition) is 0. The van der Waals surface area contributed by atoms with Crippen LogP contribution in [0.5, 0.6) is 0 Å². The molecule has 0 unspecified atom stereocenters. The Kier molecular flexibility index (Phi) is 6.95. The highest BCUT2D eigenvalue weighted by Crippen LogP contribution is 2.22. The zero-order valence-electron chi connectivity index (χ0n) is 16.7. The van der Waals surface area contributed by atoms with E-state index >= 15 is 0 Å². The smallest absolute Gasteiger partial charge is 0.243 e. The van der Waals surface area contributed by atoms with Crippen LogP contribution in [0.1, 0.15) is 11.1 Å². The van der Waals surface area contributed by atoms with E-state index in [2.05, 4.69) is 4.90 Å². The Labute approximate surface area is 177 Å². The summed E-state index contributed by atoms with van der Waals surface area (Å²) >= 11 is 5.92. The molecule has 0 bridgehead atoms. The van der Waals surface area contributed by atoms with Crippen molar-refractivity contribution in [1.82, 2.24) is 14.1 Å².